The van der Waals surface area contributed by atoms with Crippen LogP contribution in [0.25, 0.3) is 0 Å². The van der Waals surface area contributed by atoms with Crippen LogP contribution in [-0.4, -0.2) is 27.3 Å². The molecule has 0 saturated carbocycles. The van der Waals surface area contributed by atoms with E-state index in [0.29, 0.717) is 11.1 Å². The van der Waals surface area contributed by atoms with E-state index in [4.69, 9.17) is 0 Å². The molecule has 0 heterocycles. The van der Waals surface area contributed by atoms with Crippen LogP contribution in [0.3, 0.4) is 0 Å². The van der Waals surface area contributed by atoms with E-state index in [1.54, 1.807) is 30.3 Å². The number of aliphatic hydroxyl groups excluding tert-OH is 1. The number of phenols is 1. The van der Waals surface area contributed by atoms with Gasteiger partial charge in [-0.2, -0.15) is 5.10 Å². The number of amides is 1. The first-order valence-electron chi connectivity index (χ1n) is 6.52. The highest BCUT2D eigenvalue weighted by Crippen LogP contribution is 2.25. The number of carbonyl (C=O) groups is 1. The normalized spacial score (nSPS) is 12.0. The number of nitro benzene ring substituents is 1. The van der Waals surface area contributed by atoms with Crippen LogP contribution in [-0.2, 0) is 4.79 Å². The third-order valence-electron chi connectivity index (χ3n) is 2.95. The first-order chi connectivity index (χ1) is 11.0. The maximum atomic E-state index is 11.7. The number of aliphatic hydroxyl groups is 1. The topological polar surface area (TPSA) is 125 Å². The second kappa shape index (κ2) is 7.14. The summed E-state index contributed by atoms with van der Waals surface area (Å²) in [5.41, 5.74) is 2.40. The Hall–Kier alpha value is -3.26. The number of nitro groups is 1. The van der Waals surface area contributed by atoms with Crippen molar-refractivity contribution in [1.29, 1.82) is 0 Å². The van der Waals surface area contributed by atoms with E-state index in [1.807, 2.05) is 0 Å². The molecule has 8 nitrogen and oxygen atoms in total. The van der Waals surface area contributed by atoms with E-state index < -0.39 is 28.4 Å². The number of rotatable bonds is 5. The lowest BCUT2D eigenvalue weighted by Crippen LogP contribution is -2.25. The van der Waals surface area contributed by atoms with E-state index in [2.05, 4.69) is 10.5 Å². The number of nitrogens with zero attached hydrogens (tertiary/aromatic N) is 2. The number of aromatic hydroxyl groups is 1. The van der Waals surface area contributed by atoms with Gasteiger partial charge in [-0.05, 0) is 17.7 Å². The first kappa shape index (κ1) is 16.1. The van der Waals surface area contributed by atoms with Crippen molar-refractivity contribution in [3.63, 3.8) is 0 Å². The van der Waals surface area contributed by atoms with Crippen LogP contribution in [0, 0.1) is 10.1 Å². The van der Waals surface area contributed by atoms with Gasteiger partial charge in [-0.15, -0.1) is 0 Å². The van der Waals surface area contributed by atoms with E-state index in [1.165, 1.54) is 12.3 Å². The van der Waals surface area contributed by atoms with E-state index in [0.717, 1.165) is 12.1 Å². The smallest absolute Gasteiger partial charge is 0.311 e. The molecule has 0 aromatic heterocycles. The van der Waals surface area contributed by atoms with Crippen LogP contribution in [0.5, 0.6) is 5.75 Å². The van der Waals surface area contributed by atoms with Crippen molar-refractivity contribution in [3.05, 3.63) is 69.8 Å². The number of hydrazone groups is 1. The average Bonchev–Trinajstić information content (AvgIpc) is 2.56. The zero-order valence-electron chi connectivity index (χ0n) is 11.8. The van der Waals surface area contributed by atoms with Gasteiger partial charge in [0, 0.05) is 11.6 Å². The van der Waals surface area contributed by atoms with Gasteiger partial charge in [0.2, 0.25) is 0 Å². The predicted octanol–water partition coefficient (Wildman–Crippen LogP) is 1.48. The highest BCUT2D eigenvalue weighted by molar-refractivity contribution is 5.85. The summed E-state index contributed by atoms with van der Waals surface area (Å²) < 4.78 is 0. The van der Waals surface area contributed by atoms with Crippen molar-refractivity contribution in [2.75, 3.05) is 0 Å². The predicted molar refractivity (Wildman–Crippen MR) is 81.9 cm³/mol. The number of benzene rings is 2. The van der Waals surface area contributed by atoms with Gasteiger partial charge < -0.3 is 10.2 Å². The molecule has 1 atom stereocenters. The van der Waals surface area contributed by atoms with E-state index >= 15 is 0 Å². The monoisotopic (exact) mass is 315 g/mol. The summed E-state index contributed by atoms with van der Waals surface area (Å²) in [6, 6.07) is 12.0. The van der Waals surface area contributed by atoms with Crippen molar-refractivity contribution < 1.29 is 19.9 Å². The lowest BCUT2D eigenvalue weighted by Gasteiger charge is -2.08. The molecule has 0 spiro atoms. The molecule has 1 amide bonds. The molecule has 0 fully saturated rings. The molecule has 2 rings (SSSR count). The molecule has 2 aromatic rings. The highest BCUT2D eigenvalue weighted by Gasteiger charge is 2.16. The number of carbonyl (C=O) groups excluding carboxylic acids is 1. The molecule has 3 N–H and O–H groups in total. The summed E-state index contributed by atoms with van der Waals surface area (Å²) in [5.74, 6) is -1.20. The third kappa shape index (κ3) is 4.11. The molecule has 0 aliphatic rings. The second-order valence-corrected chi connectivity index (χ2v) is 4.55. The Bertz CT molecular complexity index is 746. The van der Waals surface area contributed by atoms with Gasteiger partial charge in [0.25, 0.3) is 5.91 Å². The van der Waals surface area contributed by atoms with Crippen LogP contribution in [0.4, 0.5) is 5.69 Å². The summed E-state index contributed by atoms with van der Waals surface area (Å²) in [6.45, 7) is 0. The van der Waals surface area contributed by atoms with Crippen molar-refractivity contribution in [3.8, 4) is 5.75 Å². The van der Waals surface area contributed by atoms with Gasteiger partial charge in [-0.3, -0.25) is 14.9 Å². The largest absolute Gasteiger partial charge is 0.502 e. The highest BCUT2D eigenvalue weighted by atomic mass is 16.6. The SMILES string of the molecule is O=C(N/N=C\c1ccc(O)c([N+](=O)[O-])c1)[C@H](O)c1ccccc1. The fourth-order valence-corrected chi connectivity index (χ4v) is 1.79. The Morgan fingerprint density at radius 2 is 1.96 bits per heavy atom. The Balaban J connectivity index is 2.03. The summed E-state index contributed by atoms with van der Waals surface area (Å²) in [5, 5.41) is 33.5. The summed E-state index contributed by atoms with van der Waals surface area (Å²) in [6.07, 6.45) is -0.204. The fourth-order valence-electron chi connectivity index (χ4n) is 1.79. The van der Waals surface area contributed by atoms with Crippen LogP contribution in [0.1, 0.15) is 17.2 Å². The second-order valence-electron chi connectivity index (χ2n) is 4.55. The molecule has 23 heavy (non-hydrogen) atoms. The van der Waals surface area contributed by atoms with Crippen LogP contribution < -0.4 is 5.43 Å². The van der Waals surface area contributed by atoms with Gasteiger partial charge in [0.05, 0.1) is 11.1 Å². The third-order valence-corrected chi connectivity index (χ3v) is 2.95. The first-order valence-corrected chi connectivity index (χ1v) is 6.52. The van der Waals surface area contributed by atoms with E-state index in [9.17, 15) is 25.1 Å². The van der Waals surface area contributed by atoms with E-state index in [-0.39, 0.29) is 0 Å². The summed E-state index contributed by atoms with van der Waals surface area (Å²) in [4.78, 5) is 21.7. The minimum Gasteiger partial charge on any atom is -0.502 e. The molecule has 0 unspecified atom stereocenters. The molecule has 8 heteroatoms. The zero-order chi connectivity index (χ0) is 16.8. The number of hydrogen-bond acceptors (Lipinski definition) is 6. The van der Waals surface area contributed by atoms with Crippen LogP contribution >= 0.6 is 0 Å². The summed E-state index contributed by atoms with van der Waals surface area (Å²) in [7, 11) is 0. The Kier molecular flexibility index (Phi) is 5.00. The molecular formula is C15H13N3O5. The molecule has 0 aliphatic heterocycles. The molecule has 0 aliphatic carbocycles. The molecule has 0 radical (unpaired) electrons. The number of phenolic OH excluding ortho intramolecular Hbond substituents is 1. The molecule has 0 bridgehead atoms. The van der Waals surface area contributed by atoms with Crippen molar-refractivity contribution in [1.82, 2.24) is 5.43 Å². The Morgan fingerprint density at radius 3 is 2.61 bits per heavy atom. The van der Waals surface area contributed by atoms with Gasteiger partial charge in [0.15, 0.2) is 11.9 Å². The fraction of sp³-hybridized carbons (Fsp3) is 0.0667. The minimum atomic E-state index is -1.37. The maximum Gasteiger partial charge on any atom is 0.311 e. The molecule has 0 saturated heterocycles. The van der Waals surface area contributed by atoms with Gasteiger partial charge in [0.1, 0.15) is 0 Å². The Labute approximate surface area is 130 Å². The van der Waals surface area contributed by atoms with Crippen LogP contribution in [0.2, 0.25) is 0 Å². The lowest BCUT2D eigenvalue weighted by molar-refractivity contribution is -0.385. The standard InChI is InChI=1S/C15H13N3O5/c19-13-7-6-10(8-12(13)18(22)23)9-16-17-15(21)14(20)11-4-2-1-3-5-11/h1-9,14,19-20H,(H,17,21)/b16-9-/t14-/m1/s1. The van der Waals surface area contributed by atoms with Gasteiger partial charge in [-0.1, -0.05) is 30.3 Å². The van der Waals surface area contributed by atoms with Crippen molar-refractivity contribution >= 4 is 17.8 Å². The Morgan fingerprint density at radius 1 is 1.26 bits per heavy atom. The molecule has 2 aromatic carbocycles. The quantitative estimate of drug-likeness (QED) is 0.438. The van der Waals surface area contributed by atoms with Gasteiger partial charge in [-0.25, -0.2) is 5.43 Å². The van der Waals surface area contributed by atoms with Crippen LogP contribution in [0.15, 0.2) is 53.6 Å². The lowest BCUT2D eigenvalue weighted by atomic mass is 10.1. The number of hydrogen-bond donors (Lipinski definition) is 3. The molecule has 118 valence electrons. The maximum absolute atomic E-state index is 11.7. The number of nitrogens with one attached hydrogen (secondary N) is 1. The van der Waals surface area contributed by atoms with Gasteiger partial charge >= 0.3 is 5.69 Å². The van der Waals surface area contributed by atoms with Crippen molar-refractivity contribution in [2.24, 2.45) is 5.10 Å². The average molecular weight is 315 g/mol. The molecular weight excluding hydrogens is 302 g/mol. The van der Waals surface area contributed by atoms with Crippen molar-refractivity contribution in [2.45, 2.75) is 6.10 Å². The summed E-state index contributed by atoms with van der Waals surface area (Å²) >= 11 is 0. The zero-order valence-corrected chi connectivity index (χ0v) is 11.8. The minimum absolute atomic E-state index is 0.309.